The monoisotopic (exact) mass is 267 g/mol. The summed E-state index contributed by atoms with van der Waals surface area (Å²) in [5, 5.41) is 13.5. The van der Waals surface area contributed by atoms with Crippen molar-refractivity contribution in [2.24, 2.45) is 5.73 Å². The topological polar surface area (TPSA) is 107 Å². The highest BCUT2D eigenvalue weighted by atomic mass is 16.6. The number of nitrogens with two attached hydrogens (primary N) is 1. The number of benzene rings is 1. The molecule has 0 heterocycles. The predicted molar refractivity (Wildman–Crippen MR) is 69.8 cm³/mol. The van der Waals surface area contributed by atoms with Gasteiger partial charge in [0.2, 0.25) is 5.91 Å². The van der Waals surface area contributed by atoms with E-state index in [0.717, 1.165) is 0 Å². The van der Waals surface area contributed by atoms with Gasteiger partial charge >= 0.3 is 5.69 Å². The van der Waals surface area contributed by atoms with Crippen LogP contribution >= 0.6 is 0 Å². The lowest BCUT2D eigenvalue weighted by atomic mass is 10.2. The Morgan fingerprint density at radius 2 is 2.26 bits per heavy atom. The Hall–Kier alpha value is -2.15. The summed E-state index contributed by atoms with van der Waals surface area (Å²) in [7, 11) is 0. The van der Waals surface area contributed by atoms with Crippen LogP contribution in [0.5, 0.6) is 5.75 Å². The van der Waals surface area contributed by atoms with Gasteiger partial charge in [0.05, 0.1) is 18.0 Å². The number of nitro benzene ring substituents is 1. The Labute approximate surface area is 110 Å². The largest absolute Gasteiger partial charge is 0.486 e. The van der Waals surface area contributed by atoms with Crippen LogP contribution in [0.3, 0.4) is 0 Å². The molecule has 1 aromatic carbocycles. The van der Waals surface area contributed by atoms with E-state index in [-0.39, 0.29) is 36.9 Å². The van der Waals surface area contributed by atoms with E-state index in [9.17, 15) is 14.9 Å². The molecule has 0 unspecified atom stereocenters. The van der Waals surface area contributed by atoms with Gasteiger partial charge in [-0.1, -0.05) is 6.07 Å². The molecule has 0 aromatic heterocycles. The second kappa shape index (κ2) is 7.32. The molecule has 0 atom stereocenters. The number of nitrogens with one attached hydrogen (secondary N) is 1. The SMILES string of the molecule is CCNC(=O)CCOc1ccc(CN)cc1[N+](=O)[O-]. The highest BCUT2D eigenvalue weighted by molar-refractivity contribution is 5.75. The van der Waals surface area contributed by atoms with Crippen molar-refractivity contribution in [3.05, 3.63) is 33.9 Å². The maximum atomic E-state index is 11.2. The number of hydrogen-bond donors (Lipinski definition) is 2. The number of carbonyl (C=O) groups excluding carboxylic acids is 1. The third-order valence-electron chi connectivity index (χ3n) is 2.42. The summed E-state index contributed by atoms with van der Waals surface area (Å²) in [6.45, 7) is 2.67. The normalized spacial score (nSPS) is 10.0. The van der Waals surface area contributed by atoms with Crippen molar-refractivity contribution in [1.82, 2.24) is 5.32 Å². The highest BCUT2D eigenvalue weighted by Gasteiger charge is 2.15. The molecule has 0 bridgehead atoms. The predicted octanol–water partition coefficient (Wildman–Crippen LogP) is 0.958. The van der Waals surface area contributed by atoms with Gasteiger partial charge in [-0.3, -0.25) is 14.9 Å². The van der Waals surface area contributed by atoms with E-state index in [1.54, 1.807) is 6.07 Å². The molecule has 19 heavy (non-hydrogen) atoms. The lowest BCUT2D eigenvalue weighted by molar-refractivity contribution is -0.385. The zero-order valence-corrected chi connectivity index (χ0v) is 10.7. The maximum Gasteiger partial charge on any atom is 0.311 e. The maximum absolute atomic E-state index is 11.2. The van der Waals surface area contributed by atoms with E-state index in [4.69, 9.17) is 10.5 Å². The highest BCUT2D eigenvalue weighted by Crippen LogP contribution is 2.27. The van der Waals surface area contributed by atoms with E-state index < -0.39 is 4.92 Å². The third kappa shape index (κ3) is 4.55. The zero-order valence-electron chi connectivity index (χ0n) is 10.7. The van der Waals surface area contributed by atoms with Gasteiger partial charge in [-0.2, -0.15) is 0 Å². The van der Waals surface area contributed by atoms with Gasteiger partial charge in [-0.25, -0.2) is 0 Å². The van der Waals surface area contributed by atoms with Crippen molar-refractivity contribution < 1.29 is 14.5 Å². The first-order valence-electron chi connectivity index (χ1n) is 5.95. The molecule has 104 valence electrons. The Morgan fingerprint density at radius 1 is 1.53 bits per heavy atom. The first kappa shape index (κ1) is 14.9. The van der Waals surface area contributed by atoms with Crippen molar-refractivity contribution >= 4 is 11.6 Å². The molecule has 0 aliphatic rings. The van der Waals surface area contributed by atoms with Crippen molar-refractivity contribution in [3.8, 4) is 5.75 Å². The van der Waals surface area contributed by atoms with Crippen LogP contribution in [0.1, 0.15) is 18.9 Å². The van der Waals surface area contributed by atoms with E-state index >= 15 is 0 Å². The number of amides is 1. The van der Waals surface area contributed by atoms with Crippen molar-refractivity contribution in [2.75, 3.05) is 13.2 Å². The average Bonchev–Trinajstić information content (AvgIpc) is 2.39. The summed E-state index contributed by atoms with van der Waals surface area (Å²) in [6, 6.07) is 4.54. The number of ether oxygens (including phenoxy) is 1. The summed E-state index contributed by atoms with van der Waals surface area (Å²) in [5.41, 5.74) is 5.94. The smallest absolute Gasteiger partial charge is 0.311 e. The zero-order chi connectivity index (χ0) is 14.3. The number of nitro groups is 1. The first-order valence-corrected chi connectivity index (χ1v) is 5.95. The van der Waals surface area contributed by atoms with Crippen LogP contribution in [0.2, 0.25) is 0 Å². The standard InChI is InChI=1S/C12H17N3O4/c1-2-14-12(16)5-6-19-11-4-3-9(8-13)7-10(11)15(17)18/h3-4,7H,2,5-6,8,13H2,1H3,(H,14,16). The molecule has 7 nitrogen and oxygen atoms in total. The van der Waals surface area contributed by atoms with Crippen LogP contribution < -0.4 is 15.8 Å². The fourth-order valence-electron chi connectivity index (χ4n) is 1.49. The van der Waals surface area contributed by atoms with Crippen molar-refractivity contribution in [2.45, 2.75) is 19.9 Å². The second-order valence-corrected chi connectivity index (χ2v) is 3.82. The molecule has 0 spiro atoms. The van der Waals surface area contributed by atoms with Gasteiger partial charge in [-0.05, 0) is 18.6 Å². The van der Waals surface area contributed by atoms with Crippen LogP contribution in [0, 0.1) is 10.1 Å². The molecule has 0 radical (unpaired) electrons. The summed E-state index contributed by atoms with van der Waals surface area (Å²) in [5.74, 6) is -0.00442. The fraction of sp³-hybridized carbons (Fsp3) is 0.417. The van der Waals surface area contributed by atoms with Gasteiger partial charge in [0.25, 0.3) is 0 Å². The molecule has 0 saturated heterocycles. The van der Waals surface area contributed by atoms with E-state index in [0.29, 0.717) is 12.1 Å². The molecule has 7 heteroatoms. The lowest BCUT2D eigenvalue weighted by Crippen LogP contribution is -2.24. The van der Waals surface area contributed by atoms with Gasteiger partial charge in [0.1, 0.15) is 0 Å². The first-order chi connectivity index (χ1) is 9.08. The summed E-state index contributed by atoms with van der Waals surface area (Å²) < 4.78 is 5.27. The van der Waals surface area contributed by atoms with E-state index in [1.165, 1.54) is 12.1 Å². The quantitative estimate of drug-likeness (QED) is 0.565. The third-order valence-corrected chi connectivity index (χ3v) is 2.42. The van der Waals surface area contributed by atoms with Crippen molar-refractivity contribution in [1.29, 1.82) is 0 Å². The summed E-state index contributed by atoms with van der Waals surface area (Å²) in [6.07, 6.45) is 0.156. The minimum absolute atomic E-state index is 0.0919. The van der Waals surface area contributed by atoms with Crippen LogP contribution in [0.15, 0.2) is 18.2 Å². The average molecular weight is 267 g/mol. The Balaban J connectivity index is 2.67. The van der Waals surface area contributed by atoms with Crippen molar-refractivity contribution in [3.63, 3.8) is 0 Å². The van der Waals surface area contributed by atoms with E-state index in [2.05, 4.69) is 5.32 Å². The number of rotatable bonds is 7. The fourth-order valence-corrected chi connectivity index (χ4v) is 1.49. The molecule has 1 aromatic rings. The summed E-state index contributed by atoms with van der Waals surface area (Å²) in [4.78, 5) is 21.6. The molecule has 0 fully saturated rings. The van der Waals surface area contributed by atoms with Gasteiger partial charge in [0, 0.05) is 19.2 Å². The Bertz CT molecular complexity index is 462. The molecule has 1 rings (SSSR count). The van der Waals surface area contributed by atoms with E-state index in [1.807, 2.05) is 6.92 Å². The second-order valence-electron chi connectivity index (χ2n) is 3.82. The number of nitrogens with zero attached hydrogens (tertiary/aromatic N) is 1. The molecule has 0 aliphatic heterocycles. The lowest BCUT2D eigenvalue weighted by Gasteiger charge is -2.07. The molecule has 1 amide bonds. The minimum atomic E-state index is -0.527. The number of hydrogen-bond acceptors (Lipinski definition) is 5. The minimum Gasteiger partial charge on any atom is -0.486 e. The Kier molecular flexibility index (Phi) is 5.74. The summed E-state index contributed by atoms with van der Waals surface area (Å²) >= 11 is 0. The molecule has 3 N–H and O–H groups in total. The van der Waals surface area contributed by atoms with Gasteiger partial charge < -0.3 is 15.8 Å². The molecular weight excluding hydrogens is 250 g/mol. The van der Waals surface area contributed by atoms with Crippen LogP contribution in [0.25, 0.3) is 0 Å². The van der Waals surface area contributed by atoms with Crippen LogP contribution in [-0.2, 0) is 11.3 Å². The van der Waals surface area contributed by atoms with Gasteiger partial charge in [0.15, 0.2) is 5.75 Å². The molecule has 0 aliphatic carbocycles. The van der Waals surface area contributed by atoms with Crippen LogP contribution in [-0.4, -0.2) is 24.0 Å². The van der Waals surface area contributed by atoms with Crippen LogP contribution in [0.4, 0.5) is 5.69 Å². The molecule has 0 saturated carbocycles. The number of carbonyl (C=O) groups is 1. The van der Waals surface area contributed by atoms with Gasteiger partial charge in [-0.15, -0.1) is 0 Å². The molecular formula is C12H17N3O4. The Morgan fingerprint density at radius 3 is 2.84 bits per heavy atom.